The zero-order valence-electron chi connectivity index (χ0n) is 10.9. The molecule has 0 spiro atoms. The third kappa shape index (κ3) is 3.50. The molecule has 6 nitrogen and oxygen atoms in total. The second kappa shape index (κ2) is 5.71. The number of nitrogens with one attached hydrogen (secondary N) is 1. The van der Waals surface area contributed by atoms with Crippen molar-refractivity contribution in [1.29, 1.82) is 0 Å². The summed E-state index contributed by atoms with van der Waals surface area (Å²) in [4.78, 5) is 14.4. The van der Waals surface area contributed by atoms with Crippen molar-refractivity contribution in [2.75, 3.05) is 4.72 Å². The van der Waals surface area contributed by atoms with E-state index < -0.39 is 16.0 Å². The van der Waals surface area contributed by atoms with Gasteiger partial charge in [0.2, 0.25) is 0 Å². The Labute approximate surface area is 126 Å². The van der Waals surface area contributed by atoms with E-state index in [0.717, 1.165) is 11.8 Å². The summed E-state index contributed by atoms with van der Waals surface area (Å²) < 4.78 is 26.6. The molecule has 1 aromatic heterocycles. The second-order valence-corrected chi connectivity index (χ2v) is 6.33. The maximum atomic E-state index is 12.2. The molecular weight excluding hydrogens is 316 g/mol. The van der Waals surface area contributed by atoms with E-state index >= 15 is 0 Å². The number of aromatic carboxylic acids is 1. The number of aryl methyl sites for hydroxylation is 1. The van der Waals surface area contributed by atoms with Crippen LogP contribution in [0.5, 0.6) is 0 Å². The Kier molecular flexibility index (Phi) is 4.15. The molecule has 0 saturated carbocycles. The highest BCUT2D eigenvalue weighted by Gasteiger charge is 2.18. The van der Waals surface area contributed by atoms with Crippen molar-refractivity contribution in [3.05, 3.63) is 52.7 Å². The number of pyridine rings is 1. The van der Waals surface area contributed by atoms with Crippen molar-refractivity contribution in [3.8, 4) is 0 Å². The molecule has 110 valence electrons. The molecule has 0 aliphatic carbocycles. The Balaban J connectivity index is 2.30. The standard InChI is InChI=1S/C13H11ClN2O4S/c1-8-2-4-11(10(14)6-8)21(19,20)16-12-5-3-9(7-15-12)13(17)18/h2-7H,1H3,(H,15,16)(H,17,18). The lowest BCUT2D eigenvalue weighted by Gasteiger charge is -2.09. The SMILES string of the molecule is Cc1ccc(S(=O)(=O)Nc2ccc(C(=O)O)cn2)c(Cl)c1. The lowest BCUT2D eigenvalue weighted by molar-refractivity contribution is 0.0696. The molecule has 2 N–H and O–H groups in total. The van der Waals surface area contributed by atoms with E-state index in [1.807, 2.05) is 0 Å². The third-order valence-electron chi connectivity index (χ3n) is 2.63. The van der Waals surface area contributed by atoms with Gasteiger partial charge in [0.1, 0.15) is 10.7 Å². The van der Waals surface area contributed by atoms with Gasteiger partial charge in [0, 0.05) is 6.20 Å². The van der Waals surface area contributed by atoms with Crippen LogP contribution in [0.25, 0.3) is 0 Å². The number of aromatic nitrogens is 1. The molecule has 0 aliphatic rings. The number of anilines is 1. The fourth-order valence-electron chi connectivity index (χ4n) is 1.60. The van der Waals surface area contributed by atoms with Crippen molar-refractivity contribution in [3.63, 3.8) is 0 Å². The predicted molar refractivity (Wildman–Crippen MR) is 78.2 cm³/mol. The minimum absolute atomic E-state index is 0.0108. The van der Waals surface area contributed by atoms with Crippen LogP contribution in [0.1, 0.15) is 15.9 Å². The van der Waals surface area contributed by atoms with Gasteiger partial charge in [-0.2, -0.15) is 0 Å². The summed E-state index contributed by atoms with van der Waals surface area (Å²) in [5, 5.41) is 8.85. The molecule has 0 atom stereocenters. The average molecular weight is 327 g/mol. The number of halogens is 1. The van der Waals surface area contributed by atoms with Gasteiger partial charge in [0.15, 0.2) is 0 Å². The zero-order chi connectivity index (χ0) is 15.6. The fourth-order valence-corrected chi connectivity index (χ4v) is 3.21. The molecule has 0 bridgehead atoms. The highest BCUT2D eigenvalue weighted by atomic mass is 35.5. The Morgan fingerprint density at radius 1 is 1.29 bits per heavy atom. The summed E-state index contributed by atoms with van der Waals surface area (Å²) >= 11 is 5.93. The molecule has 0 saturated heterocycles. The summed E-state index contributed by atoms with van der Waals surface area (Å²) in [6.07, 6.45) is 1.07. The Hall–Kier alpha value is -2.12. The van der Waals surface area contributed by atoms with E-state index in [1.165, 1.54) is 24.3 Å². The van der Waals surface area contributed by atoms with Crippen LogP contribution in [0.2, 0.25) is 5.02 Å². The van der Waals surface area contributed by atoms with Crippen molar-refractivity contribution in [1.82, 2.24) is 4.98 Å². The molecule has 2 aromatic rings. The summed E-state index contributed by atoms with van der Waals surface area (Å²) in [5.74, 6) is -1.13. The second-order valence-electron chi connectivity index (χ2n) is 4.28. The summed E-state index contributed by atoms with van der Waals surface area (Å²) in [6, 6.07) is 7.08. The maximum Gasteiger partial charge on any atom is 0.337 e. The van der Waals surface area contributed by atoms with Gasteiger partial charge in [-0.05, 0) is 36.8 Å². The van der Waals surface area contributed by atoms with Crippen LogP contribution in [-0.4, -0.2) is 24.5 Å². The highest BCUT2D eigenvalue weighted by Crippen LogP contribution is 2.24. The number of carboxylic acids is 1. The van der Waals surface area contributed by atoms with Crippen molar-refractivity contribution < 1.29 is 18.3 Å². The summed E-state index contributed by atoms with van der Waals surface area (Å²) in [5.41, 5.74) is 0.800. The van der Waals surface area contributed by atoms with Crippen LogP contribution in [0.3, 0.4) is 0 Å². The van der Waals surface area contributed by atoms with E-state index in [1.54, 1.807) is 13.0 Å². The van der Waals surface area contributed by atoms with Gasteiger partial charge in [-0.25, -0.2) is 18.2 Å². The first kappa shape index (κ1) is 15.3. The van der Waals surface area contributed by atoms with Gasteiger partial charge in [0.25, 0.3) is 10.0 Å². The molecule has 1 aromatic carbocycles. The summed E-state index contributed by atoms with van der Waals surface area (Å²) in [7, 11) is -3.89. The van der Waals surface area contributed by atoms with E-state index in [2.05, 4.69) is 9.71 Å². The smallest absolute Gasteiger partial charge is 0.337 e. The maximum absolute atomic E-state index is 12.2. The normalized spacial score (nSPS) is 11.1. The van der Waals surface area contributed by atoms with Gasteiger partial charge < -0.3 is 5.11 Å². The minimum Gasteiger partial charge on any atom is -0.478 e. The van der Waals surface area contributed by atoms with Gasteiger partial charge in [0.05, 0.1) is 10.6 Å². The molecule has 8 heteroatoms. The number of carboxylic acid groups (broad SMARTS) is 1. The minimum atomic E-state index is -3.89. The van der Waals surface area contributed by atoms with Gasteiger partial charge in [-0.15, -0.1) is 0 Å². The quantitative estimate of drug-likeness (QED) is 0.900. The molecular formula is C13H11ClN2O4S. The number of hydrogen-bond acceptors (Lipinski definition) is 4. The molecule has 0 amide bonds. The molecule has 0 radical (unpaired) electrons. The first-order valence-electron chi connectivity index (χ1n) is 5.78. The lowest BCUT2D eigenvalue weighted by atomic mass is 10.2. The monoisotopic (exact) mass is 326 g/mol. The summed E-state index contributed by atoms with van der Waals surface area (Å²) in [6.45, 7) is 1.79. The van der Waals surface area contributed by atoms with Crippen molar-refractivity contribution >= 4 is 33.4 Å². The van der Waals surface area contributed by atoms with Crippen LogP contribution in [0.15, 0.2) is 41.4 Å². The Bertz CT molecular complexity index is 788. The van der Waals surface area contributed by atoms with Gasteiger partial charge in [-0.3, -0.25) is 4.72 Å². The van der Waals surface area contributed by atoms with Crippen molar-refractivity contribution in [2.45, 2.75) is 11.8 Å². The Morgan fingerprint density at radius 2 is 2.00 bits per heavy atom. The van der Waals surface area contributed by atoms with Gasteiger partial charge >= 0.3 is 5.97 Å². The zero-order valence-corrected chi connectivity index (χ0v) is 12.4. The number of nitrogens with zero attached hydrogens (tertiary/aromatic N) is 1. The highest BCUT2D eigenvalue weighted by molar-refractivity contribution is 7.92. The van der Waals surface area contributed by atoms with Crippen LogP contribution in [-0.2, 0) is 10.0 Å². The molecule has 0 fully saturated rings. The van der Waals surface area contributed by atoms with Crippen molar-refractivity contribution in [2.24, 2.45) is 0 Å². The Morgan fingerprint density at radius 3 is 2.52 bits per heavy atom. The lowest BCUT2D eigenvalue weighted by Crippen LogP contribution is -2.14. The van der Waals surface area contributed by atoms with E-state index in [-0.39, 0.29) is 21.3 Å². The largest absolute Gasteiger partial charge is 0.478 e. The topological polar surface area (TPSA) is 96.4 Å². The van der Waals surface area contributed by atoms with Crippen LogP contribution >= 0.6 is 11.6 Å². The predicted octanol–water partition coefficient (Wildman–Crippen LogP) is 2.54. The number of benzene rings is 1. The molecule has 2 rings (SSSR count). The molecule has 21 heavy (non-hydrogen) atoms. The average Bonchev–Trinajstić information content (AvgIpc) is 2.38. The van der Waals surface area contributed by atoms with Gasteiger partial charge in [-0.1, -0.05) is 17.7 Å². The molecule has 0 unspecified atom stereocenters. The number of carbonyl (C=O) groups is 1. The molecule has 0 aliphatic heterocycles. The third-order valence-corrected chi connectivity index (χ3v) is 4.46. The first-order valence-corrected chi connectivity index (χ1v) is 7.64. The number of hydrogen-bond donors (Lipinski definition) is 2. The number of rotatable bonds is 4. The van der Waals surface area contributed by atoms with Crippen LogP contribution in [0.4, 0.5) is 5.82 Å². The van der Waals surface area contributed by atoms with E-state index in [4.69, 9.17) is 16.7 Å². The number of sulfonamides is 1. The van der Waals surface area contributed by atoms with Crippen LogP contribution < -0.4 is 4.72 Å². The molecule has 1 heterocycles. The first-order chi connectivity index (χ1) is 9.79. The van der Waals surface area contributed by atoms with E-state index in [9.17, 15) is 13.2 Å². The van der Waals surface area contributed by atoms with Crippen LogP contribution in [0, 0.1) is 6.92 Å². The van der Waals surface area contributed by atoms with E-state index in [0.29, 0.717) is 0 Å². The fraction of sp³-hybridized carbons (Fsp3) is 0.0769.